The Morgan fingerprint density at radius 3 is 3.12 bits per heavy atom. The van der Waals surface area contributed by atoms with Crippen LogP contribution in [0.2, 0.25) is 0 Å². The van der Waals surface area contributed by atoms with Gasteiger partial charge in [0, 0.05) is 26.1 Å². The fraction of sp³-hybridized carbons (Fsp3) is 0.800. The summed E-state index contributed by atoms with van der Waals surface area (Å²) in [5, 5.41) is 7.98. The Labute approximate surface area is 94.8 Å². The first-order valence-electron chi connectivity index (χ1n) is 5.72. The first kappa shape index (κ1) is 11.3. The van der Waals surface area contributed by atoms with E-state index >= 15 is 0 Å². The predicted molar refractivity (Wildman–Crippen MR) is 59.3 cm³/mol. The standard InChI is InChI=1S/C10H18N4O2/c1-2-8-7-14(5-6-15-8)10-13-12-9(16-10)3-4-11/h8H,2-7,11H2,1H3. The second kappa shape index (κ2) is 5.27. The Kier molecular flexibility index (Phi) is 3.74. The molecule has 0 radical (unpaired) electrons. The van der Waals surface area contributed by atoms with Crippen LogP contribution < -0.4 is 10.6 Å². The van der Waals surface area contributed by atoms with Gasteiger partial charge in [0.15, 0.2) is 0 Å². The van der Waals surface area contributed by atoms with E-state index in [1.165, 1.54) is 0 Å². The third-order valence-corrected chi connectivity index (χ3v) is 2.68. The van der Waals surface area contributed by atoms with Crippen LogP contribution in [-0.4, -0.2) is 42.5 Å². The Balaban J connectivity index is 1.99. The quantitative estimate of drug-likeness (QED) is 0.789. The summed E-state index contributed by atoms with van der Waals surface area (Å²) in [6, 6.07) is 0.588. The molecule has 1 aliphatic heterocycles. The SMILES string of the molecule is CCC1CN(c2nnc(CCN)o2)CCO1. The Bertz CT molecular complexity index is 328. The number of hydrogen-bond donors (Lipinski definition) is 1. The number of ether oxygens (including phenoxy) is 1. The van der Waals surface area contributed by atoms with Gasteiger partial charge in [0.1, 0.15) is 0 Å². The summed E-state index contributed by atoms with van der Waals surface area (Å²) in [6.45, 7) is 4.98. The highest BCUT2D eigenvalue weighted by Gasteiger charge is 2.22. The van der Waals surface area contributed by atoms with Crippen LogP contribution in [0.5, 0.6) is 0 Å². The lowest BCUT2D eigenvalue weighted by molar-refractivity contribution is 0.0366. The summed E-state index contributed by atoms with van der Waals surface area (Å²) in [4.78, 5) is 2.07. The van der Waals surface area contributed by atoms with Gasteiger partial charge in [-0.05, 0) is 6.42 Å². The summed E-state index contributed by atoms with van der Waals surface area (Å²) < 4.78 is 11.1. The molecule has 6 heteroatoms. The maximum atomic E-state index is 5.58. The summed E-state index contributed by atoms with van der Waals surface area (Å²) >= 11 is 0. The zero-order valence-electron chi connectivity index (χ0n) is 9.56. The van der Waals surface area contributed by atoms with E-state index in [0.717, 1.165) is 19.5 Å². The molecular formula is C10H18N4O2. The van der Waals surface area contributed by atoms with Crippen molar-refractivity contribution in [2.75, 3.05) is 31.1 Å². The third-order valence-electron chi connectivity index (χ3n) is 2.68. The number of nitrogens with two attached hydrogens (primary N) is 1. The van der Waals surface area contributed by atoms with Crippen molar-refractivity contribution in [3.8, 4) is 0 Å². The van der Waals surface area contributed by atoms with Crippen LogP contribution in [-0.2, 0) is 11.2 Å². The Morgan fingerprint density at radius 2 is 2.38 bits per heavy atom. The van der Waals surface area contributed by atoms with E-state index in [1.54, 1.807) is 0 Å². The maximum Gasteiger partial charge on any atom is 0.318 e. The molecule has 90 valence electrons. The molecule has 1 aromatic heterocycles. The predicted octanol–water partition coefficient (Wildman–Crippen LogP) is 0.186. The molecule has 0 amide bonds. The minimum absolute atomic E-state index is 0.263. The largest absolute Gasteiger partial charge is 0.408 e. The number of nitrogens with zero attached hydrogens (tertiary/aromatic N) is 3. The zero-order chi connectivity index (χ0) is 11.4. The van der Waals surface area contributed by atoms with Gasteiger partial charge in [-0.1, -0.05) is 12.0 Å². The van der Waals surface area contributed by atoms with Crippen LogP contribution in [0.1, 0.15) is 19.2 Å². The molecule has 1 saturated heterocycles. The van der Waals surface area contributed by atoms with E-state index in [4.69, 9.17) is 14.9 Å². The van der Waals surface area contributed by atoms with Crippen LogP contribution >= 0.6 is 0 Å². The van der Waals surface area contributed by atoms with E-state index in [2.05, 4.69) is 22.0 Å². The molecular weight excluding hydrogens is 208 g/mol. The summed E-state index contributed by atoms with van der Waals surface area (Å²) in [6.07, 6.45) is 1.90. The van der Waals surface area contributed by atoms with E-state index in [9.17, 15) is 0 Å². The van der Waals surface area contributed by atoms with Gasteiger partial charge < -0.3 is 19.8 Å². The minimum Gasteiger partial charge on any atom is -0.408 e. The summed E-state index contributed by atoms with van der Waals surface area (Å²) in [7, 11) is 0. The van der Waals surface area contributed by atoms with Crippen molar-refractivity contribution in [3.63, 3.8) is 0 Å². The van der Waals surface area contributed by atoms with Gasteiger partial charge in [0.25, 0.3) is 0 Å². The minimum atomic E-state index is 0.263. The van der Waals surface area contributed by atoms with E-state index in [-0.39, 0.29) is 6.10 Å². The molecule has 2 N–H and O–H groups in total. The fourth-order valence-corrected chi connectivity index (χ4v) is 1.74. The molecule has 16 heavy (non-hydrogen) atoms. The monoisotopic (exact) mass is 226 g/mol. The summed E-state index contributed by atoms with van der Waals surface area (Å²) in [5.41, 5.74) is 5.43. The highest BCUT2D eigenvalue weighted by atomic mass is 16.5. The number of morpholine rings is 1. The van der Waals surface area contributed by atoms with Gasteiger partial charge in [0.05, 0.1) is 12.7 Å². The molecule has 0 aromatic carbocycles. The first-order chi connectivity index (χ1) is 7.83. The van der Waals surface area contributed by atoms with Gasteiger partial charge in [-0.2, -0.15) is 0 Å². The zero-order valence-corrected chi connectivity index (χ0v) is 9.56. The molecule has 1 aromatic rings. The highest BCUT2D eigenvalue weighted by Crippen LogP contribution is 2.17. The van der Waals surface area contributed by atoms with Gasteiger partial charge in [-0.15, -0.1) is 5.10 Å². The van der Waals surface area contributed by atoms with Crippen molar-refractivity contribution in [3.05, 3.63) is 5.89 Å². The lowest BCUT2D eigenvalue weighted by atomic mass is 10.2. The Morgan fingerprint density at radius 1 is 1.50 bits per heavy atom. The van der Waals surface area contributed by atoms with E-state index in [0.29, 0.717) is 31.5 Å². The van der Waals surface area contributed by atoms with Gasteiger partial charge in [-0.25, -0.2) is 0 Å². The molecule has 1 fully saturated rings. The molecule has 2 rings (SSSR count). The second-order valence-electron chi connectivity index (χ2n) is 3.86. The normalized spacial score (nSPS) is 21.4. The average molecular weight is 226 g/mol. The van der Waals surface area contributed by atoms with Gasteiger partial charge in [0.2, 0.25) is 5.89 Å². The third kappa shape index (κ3) is 2.51. The van der Waals surface area contributed by atoms with Crippen molar-refractivity contribution in [1.29, 1.82) is 0 Å². The number of hydrogen-bond acceptors (Lipinski definition) is 6. The molecule has 1 aliphatic rings. The molecule has 0 spiro atoms. The number of rotatable bonds is 4. The van der Waals surface area contributed by atoms with Crippen LogP contribution in [0, 0.1) is 0 Å². The van der Waals surface area contributed by atoms with E-state index in [1.807, 2.05) is 0 Å². The Hall–Kier alpha value is -1.14. The fourth-order valence-electron chi connectivity index (χ4n) is 1.74. The van der Waals surface area contributed by atoms with Crippen molar-refractivity contribution in [2.45, 2.75) is 25.9 Å². The van der Waals surface area contributed by atoms with Crippen molar-refractivity contribution in [2.24, 2.45) is 5.73 Å². The molecule has 0 aliphatic carbocycles. The smallest absolute Gasteiger partial charge is 0.318 e. The molecule has 1 atom stereocenters. The van der Waals surface area contributed by atoms with Crippen molar-refractivity contribution >= 4 is 6.01 Å². The van der Waals surface area contributed by atoms with Crippen LogP contribution in [0.3, 0.4) is 0 Å². The number of aromatic nitrogens is 2. The lowest BCUT2D eigenvalue weighted by Gasteiger charge is -2.30. The maximum absolute atomic E-state index is 5.58. The second-order valence-corrected chi connectivity index (χ2v) is 3.86. The molecule has 2 heterocycles. The van der Waals surface area contributed by atoms with Gasteiger partial charge >= 0.3 is 6.01 Å². The van der Waals surface area contributed by atoms with Crippen LogP contribution in [0.15, 0.2) is 4.42 Å². The van der Waals surface area contributed by atoms with Crippen molar-refractivity contribution in [1.82, 2.24) is 10.2 Å². The molecule has 1 unspecified atom stereocenters. The van der Waals surface area contributed by atoms with E-state index < -0.39 is 0 Å². The number of anilines is 1. The lowest BCUT2D eigenvalue weighted by Crippen LogP contribution is -2.42. The van der Waals surface area contributed by atoms with Crippen LogP contribution in [0.4, 0.5) is 6.01 Å². The highest BCUT2D eigenvalue weighted by molar-refractivity contribution is 5.25. The molecule has 0 saturated carbocycles. The average Bonchev–Trinajstić information content (AvgIpc) is 2.78. The summed E-state index contributed by atoms with van der Waals surface area (Å²) in [5.74, 6) is 0.608. The topological polar surface area (TPSA) is 77.4 Å². The van der Waals surface area contributed by atoms with Crippen LogP contribution in [0.25, 0.3) is 0 Å². The van der Waals surface area contributed by atoms with Gasteiger partial charge in [-0.3, -0.25) is 0 Å². The molecule has 6 nitrogen and oxygen atoms in total. The molecule has 0 bridgehead atoms. The first-order valence-corrected chi connectivity index (χ1v) is 5.72. The van der Waals surface area contributed by atoms with Crippen molar-refractivity contribution < 1.29 is 9.15 Å².